The zero-order valence-electron chi connectivity index (χ0n) is 18.5. The second-order valence-electron chi connectivity index (χ2n) is 7.21. The molecule has 1 aliphatic heterocycles. The lowest BCUT2D eigenvalue weighted by atomic mass is 9.83. The lowest BCUT2D eigenvalue weighted by Gasteiger charge is -2.28. The van der Waals surface area contributed by atoms with Crippen molar-refractivity contribution in [3.63, 3.8) is 0 Å². The molecule has 0 atom stereocenters. The third-order valence-corrected chi connectivity index (χ3v) is 5.02. The topological polar surface area (TPSA) is 95.3 Å². The predicted molar refractivity (Wildman–Crippen MR) is 111 cm³/mol. The van der Waals surface area contributed by atoms with Crippen LogP contribution in [0, 0.1) is 0 Å². The number of dihydropyridines is 1. The Morgan fingerprint density at radius 1 is 1.00 bits per heavy atom. The van der Waals surface area contributed by atoms with Gasteiger partial charge in [-0.2, -0.15) is 13.2 Å². The largest absolute Gasteiger partial charge is 0.463 e. The first-order chi connectivity index (χ1) is 15.6. The molecule has 33 heavy (non-hydrogen) atoms. The highest BCUT2D eigenvalue weighted by Gasteiger charge is 2.39. The summed E-state index contributed by atoms with van der Waals surface area (Å²) in [6, 6.07) is 4.38. The first-order valence-electron chi connectivity index (χ1n) is 10.2. The van der Waals surface area contributed by atoms with Crippen molar-refractivity contribution in [3.05, 3.63) is 64.3 Å². The number of alkyl halides is 3. The number of hydrogen-bond acceptors (Lipinski definition) is 7. The number of aromatic nitrogens is 3. The SMILES string of the molecule is CCOC(=O)C1=C(C)NC(C)=C(C(=O)OCC)C1c1cn(-c2ccc(C(F)(F)F)cc2)nn1. The number of allylic oxidation sites excluding steroid dienone is 2. The summed E-state index contributed by atoms with van der Waals surface area (Å²) >= 11 is 0. The third-order valence-electron chi connectivity index (χ3n) is 5.02. The lowest BCUT2D eigenvalue weighted by molar-refractivity contribution is -0.140. The van der Waals surface area contributed by atoms with Crippen LogP contribution in [0.15, 0.2) is 53.0 Å². The van der Waals surface area contributed by atoms with Crippen LogP contribution in [0.3, 0.4) is 0 Å². The normalized spacial score (nSPS) is 14.9. The molecule has 0 amide bonds. The molecule has 1 aromatic heterocycles. The van der Waals surface area contributed by atoms with Gasteiger partial charge in [-0.25, -0.2) is 14.3 Å². The number of benzene rings is 1. The smallest absolute Gasteiger partial charge is 0.416 e. The van der Waals surface area contributed by atoms with E-state index in [4.69, 9.17) is 9.47 Å². The molecule has 2 heterocycles. The Labute approximate surface area is 188 Å². The highest BCUT2D eigenvalue weighted by atomic mass is 19.4. The van der Waals surface area contributed by atoms with Gasteiger partial charge in [0.25, 0.3) is 0 Å². The molecule has 1 N–H and O–H groups in total. The van der Waals surface area contributed by atoms with Crippen molar-refractivity contribution in [2.75, 3.05) is 13.2 Å². The van der Waals surface area contributed by atoms with Gasteiger partial charge in [0.15, 0.2) is 0 Å². The van der Waals surface area contributed by atoms with E-state index >= 15 is 0 Å². The van der Waals surface area contributed by atoms with Gasteiger partial charge in [-0.3, -0.25) is 0 Å². The number of carbonyl (C=O) groups excluding carboxylic acids is 2. The fraction of sp³-hybridized carbons (Fsp3) is 0.364. The maximum Gasteiger partial charge on any atom is 0.416 e. The van der Waals surface area contributed by atoms with Crippen LogP contribution in [-0.2, 0) is 25.2 Å². The summed E-state index contributed by atoms with van der Waals surface area (Å²) in [6.45, 7) is 6.91. The van der Waals surface area contributed by atoms with Crippen LogP contribution in [0.1, 0.15) is 44.9 Å². The number of carbonyl (C=O) groups is 2. The minimum atomic E-state index is -4.46. The molecule has 176 valence electrons. The van der Waals surface area contributed by atoms with Crippen molar-refractivity contribution < 1.29 is 32.2 Å². The molecule has 2 aromatic rings. The minimum absolute atomic E-state index is 0.123. The highest BCUT2D eigenvalue weighted by Crippen LogP contribution is 2.38. The Bertz CT molecular complexity index is 1080. The van der Waals surface area contributed by atoms with Crippen molar-refractivity contribution in [2.24, 2.45) is 0 Å². The van der Waals surface area contributed by atoms with E-state index in [1.54, 1.807) is 27.7 Å². The van der Waals surface area contributed by atoms with Gasteiger partial charge >= 0.3 is 18.1 Å². The van der Waals surface area contributed by atoms with Crippen LogP contribution in [-0.4, -0.2) is 40.1 Å². The molecular weight excluding hydrogens is 441 g/mol. The summed E-state index contributed by atoms with van der Waals surface area (Å²) in [5.41, 5.74) is 1.07. The second-order valence-corrected chi connectivity index (χ2v) is 7.21. The molecule has 11 heteroatoms. The number of nitrogens with zero attached hydrogens (tertiary/aromatic N) is 3. The van der Waals surface area contributed by atoms with Gasteiger partial charge in [-0.05, 0) is 52.0 Å². The van der Waals surface area contributed by atoms with E-state index < -0.39 is 29.6 Å². The first-order valence-corrected chi connectivity index (χ1v) is 10.2. The molecule has 0 bridgehead atoms. The van der Waals surface area contributed by atoms with E-state index in [2.05, 4.69) is 15.6 Å². The number of halogens is 3. The molecule has 3 rings (SSSR count). The van der Waals surface area contributed by atoms with Crippen molar-refractivity contribution >= 4 is 11.9 Å². The molecular formula is C22H23F3N4O4. The molecule has 0 spiro atoms. The van der Waals surface area contributed by atoms with Crippen molar-refractivity contribution in [1.29, 1.82) is 0 Å². The van der Waals surface area contributed by atoms with Crippen molar-refractivity contribution in [2.45, 2.75) is 39.8 Å². The lowest BCUT2D eigenvalue weighted by Crippen LogP contribution is -2.32. The minimum Gasteiger partial charge on any atom is -0.463 e. The Morgan fingerprint density at radius 2 is 1.52 bits per heavy atom. The van der Waals surface area contributed by atoms with Gasteiger partial charge in [-0.1, -0.05) is 5.21 Å². The summed E-state index contributed by atoms with van der Waals surface area (Å²) in [7, 11) is 0. The Balaban J connectivity index is 2.07. The molecule has 0 radical (unpaired) electrons. The molecule has 8 nitrogen and oxygen atoms in total. The fourth-order valence-corrected chi connectivity index (χ4v) is 3.59. The first kappa shape index (κ1) is 24.0. The summed E-state index contributed by atoms with van der Waals surface area (Å²) in [4.78, 5) is 25.6. The van der Waals surface area contributed by atoms with E-state index in [1.165, 1.54) is 23.0 Å². The molecule has 0 unspecified atom stereocenters. The fourth-order valence-electron chi connectivity index (χ4n) is 3.59. The summed E-state index contributed by atoms with van der Waals surface area (Å²) in [5, 5.41) is 11.1. The number of hydrogen-bond donors (Lipinski definition) is 1. The summed E-state index contributed by atoms with van der Waals surface area (Å²) in [6.07, 6.45) is -3.01. The third kappa shape index (κ3) is 4.91. The van der Waals surface area contributed by atoms with Gasteiger partial charge in [0, 0.05) is 11.4 Å². The number of esters is 2. The van der Waals surface area contributed by atoms with Gasteiger partial charge < -0.3 is 14.8 Å². The van der Waals surface area contributed by atoms with Crippen molar-refractivity contribution in [1.82, 2.24) is 20.3 Å². The predicted octanol–water partition coefficient (Wildman–Crippen LogP) is 3.65. The maximum absolute atomic E-state index is 12.9. The van der Waals surface area contributed by atoms with E-state index in [-0.39, 0.29) is 30.1 Å². The van der Waals surface area contributed by atoms with Gasteiger partial charge in [0.1, 0.15) is 0 Å². The van der Waals surface area contributed by atoms with Crippen LogP contribution in [0.5, 0.6) is 0 Å². The Morgan fingerprint density at radius 3 is 1.97 bits per heavy atom. The van der Waals surface area contributed by atoms with E-state index in [0.717, 1.165) is 12.1 Å². The van der Waals surface area contributed by atoms with Crippen molar-refractivity contribution in [3.8, 4) is 5.69 Å². The van der Waals surface area contributed by atoms with Crippen LogP contribution >= 0.6 is 0 Å². The Kier molecular flexibility index (Phi) is 6.89. The van der Waals surface area contributed by atoms with Gasteiger partial charge in [0.05, 0.1) is 53.4 Å². The van der Waals surface area contributed by atoms with Crippen LogP contribution in [0.25, 0.3) is 5.69 Å². The van der Waals surface area contributed by atoms with Crippen LogP contribution in [0.4, 0.5) is 13.2 Å². The molecule has 0 saturated heterocycles. The average molecular weight is 464 g/mol. The Hall–Kier alpha value is -3.63. The zero-order valence-corrected chi connectivity index (χ0v) is 18.5. The average Bonchev–Trinajstić information content (AvgIpc) is 3.23. The summed E-state index contributed by atoms with van der Waals surface area (Å²) < 4.78 is 50.3. The molecule has 1 aromatic carbocycles. The van der Waals surface area contributed by atoms with Gasteiger partial charge in [0.2, 0.25) is 0 Å². The van der Waals surface area contributed by atoms with E-state index in [1.807, 2.05) is 0 Å². The zero-order chi connectivity index (χ0) is 24.3. The molecule has 1 aliphatic rings. The maximum atomic E-state index is 12.9. The number of ether oxygens (including phenoxy) is 2. The molecule has 0 saturated carbocycles. The van der Waals surface area contributed by atoms with Gasteiger partial charge in [-0.15, -0.1) is 5.10 Å². The quantitative estimate of drug-likeness (QED) is 0.652. The van der Waals surface area contributed by atoms with E-state index in [0.29, 0.717) is 17.1 Å². The standard InChI is InChI=1S/C22H23F3N4O4/c1-5-32-20(30)17-12(3)26-13(4)18(21(31)33-6-2)19(17)16-11-29(28-27-16)15-9-7-14(8-10-15)22(23,24)25/h7-11,19,26H,5-6H2,1-4H3. The van der Waals surface area contributed by atoms with Crippen LogP contribution < -0.4 is 5.32 Å². The van der Waals surface area contributed by atoms with Crippen LogP contribution in [0.2, 0.25) is 0 Å². The highest BCUT2D eigenvalue weighted by molar-refractivity contribution is 5.99. The molecule has 0 aliphatic carbocycles. The molecule has 0 fully saturated rings. The number of nitrogens with one attached hydrogen (secondary N) is 1. The number of rotatable bonds is 6. The second kappa shape index (κ2) is 9.47. The summed E-state index contributed by atoms with van der Waals surface area (Å²) in [5.74, 6) is -2.20. The monoisotopic (exact) mass is 464 g/mol. The van der Waals surface area contributed by atoms with E-state index in [9.17, 15) is 22.8 Å².